The third kappa shape index (κ3) is 3.19. The number of alkyl halides is 3. The van der Waals surface area contributed by atoms with Crippen LogP contribution in [0.15, 0.2) is 24.3 Å². The number of rotatable bonds is 4. The highest BCUT2D eigenvalue weighted by Crippen LogP contribution is 2.38. The number of benzene rings is 1. The van der Waals surface area contributed by atoms with Crippen LogP contribution in [-0.4, -0.2) is 17.6 Å². The molecule has 108 valence electrons. The Labute approximate surface area is 115 Å². The van der Waals surface area contributed by atoms with E-state index in [1.807, 2.05) is 0 Å². The first kappa shape index (κ1) is 17.7. The average molecular weight is 298 g/mol. The van der Waals surface area contributed by atoms with Crippen molar-refractivity contribution in [1.82, 2.24) is 0 Å². The van der Waals surface area contributed by atoms with Gasteiger partial charge >= 0.3 is 12.1 Å². The average Bonchev–Trinajstić information content (AvgIpc) is 2.30. The van der Waals surface area contributed by atoms with Crippen molar-refractivity contribution >= 4 is 18.4 Å². The van der Waals surface area contributed by atoms with Gasteiger partial charge in [0.05, 0.1) is 5.56 Å². The second-order valence-corrected chi connectivity index (χ2v) is 3.99. The van der Waals surface area contributed by atoms with Gasteiger partial charge in [0.2, 0.25) is 0 Å². The van der Waals surface area contributed by atoms with Crippen LogP contribution < -0.4 is 5.73 Å². The molecule has 1 unspecified atom stereocenters. The maximum atomic E-state index is 12.9. The van der Waals surface area contributed by atoms with Gasteiger partial charge in [-0.25, -0.2) is 0 Å². The first-order valence-corrected chi connectivity index (χ1v) is 5.39. The van der Waals surface area contributed by atoms with E-state index in [9.17, 15) is 23.1 Å². The highest BCUT2D eigenvalue weighted by molar-refractivity contribution is 5.85. The fraction of sp³-hybridized carbons (Fsp3) is 0.417. The summed E-state index contributed by atoms with van der Waals surface area (Å²) in [6.45, 7) is 1.13. The molecule has 3 N–H and O–H groups in total. The van der Waals surface area contributed by atoms with E-state index < -0.39 is 23.1 Å². The number of carboxylic acids is 1. The van der Waals surface area contributed by atoms with Crippen LogP contribution >= 0.6 is 12.4 Å². The van der Waals surface area contributed by atoms with Crippen molar-refractivity contribution in [2.75, 3.05) is 6.54 Å². The van der Waals surface area contributed by atoms with Crippen LogP contribution in [0, 0.1) is 0 Å². The molecule has 1 aromatic rings. The summed E-state index contributed by atoms with van der Waals surface area (Å²) < 4.78 is 38.6. The lowest BCUT2D eigenvalue weighted by Crippen LogP contribution is -2.43. The molecular weight excluding hydrogens is 283 g/mol. The summed E-state index contributed by atoms with van der Waals surface area (Å²) in [4.78, 5) is 11.3. The highest BCUT2D eigenvalue weighted by atomic mass is 35.5. The fourth-order valence-corrected chi connectivity index (χ4v) is 1.95. The molecule has 0 amide bonds. The Hall–Kier alpha value is -1.27. The molecule has 19 heavy (non-hydrogen) atoms. The predicted molar refractivity (Wildman–Crippen MR) is 67.4 cm³/mol. The summed E-state index contributed by atoms with van der Waals surface area (Å²) in [7, 11) is 0. The number of nitrogens with two attached hydrogens (primary N) is 1. The molecule has 0 saturated carbocycles. The van der Waals surface area contributed by atoms with Crippen molar-refractivity contribution < 1.29 is 23.1 Å². The standard InChI is InChI=1S/C12H14F3NO2.ClH/c1-2-11(7-16,10(17)18)8-5-3-4-6-9(8)12(13,14)15;/h3-6H,2,7,16H2,1H3,(H,17,18);1H. The number of halogens is 4. The molecule has 7 heteroatoms. The van der Waals surface area contributed by atoms with Crippen LogP contribution in [0.1, 0.15) is 24.5 Å². The molecule has 0 bridgehead atoms. The van der Waals surface area contributed by atoms with Gasteiger partial charge in [0, 0.05) is 6.54 Å². The smallest absolute Gasteiger partial charge is 0.416 e. The largest absolute Gasteiger partial charge is 0.481 e. The molecule has 0 fully saturated rings. The Bertz CT molecular complexity index is 445. The lowest BCUT2D eigenvalue weighted by atomic mass is 9.76. The molecule has 0 heterocycles. The number of hydrogen-bond donors (Lipinski definition) is 2. The molecule has 1 rings (SSSR count). The Morgan fingerprint density at radius 1 is 1.26 bits per heavy atom. The summed E-state index contributed by atoms with van der Waals surface area (Å²) in [6, 6.07) is 4.66. The van der Waals surface area contributed by atoms with Gasteiger partial charge in [-0.05, 0) is 18.1 Å². The zero-order chi connectivity index (χ0) is 14.0. The molecule has 0 saturated heterocycles. The van der Waals surface area contributed by atoms with Gasteiger partial charge < -0.3 is 10.8 Å². The van der Waals surface area contributed by atoms with Crippen LogP contribution in [0.2, 0.25) is 0 Å². The zero-order valence-electron chi connectivity index (χ0n) is 10.2. The summed E-state index contributed by atoms with van der Waals surface area (Å²) in [6.07, 6.45) is -4.60. The minimum absolute atomic E-state index is 0. The van der Waals surface area contributed by atoms with E-state index in [1.54, 1.807) is 0 Å². The summed E-state index contributed by atoms with van der Waals surface area (Å²) in [5.74, 6) is -1.34. The first-order valence-electron chi connectivity index (χ1n) is 5.39. The van der Waals surface area contributed by atoms with Crippen molar-refractivity contribution in [3.05, 3.63) is 35.4 Å². The lowest BCUT2D eigenvalue weighted by Gasteiger charge is -2.29. The molecule has 1 aromatic carbocycles. The van der Waals surface area contributed by atoms with E-state index in [0.29, 0.717) is 0 Å². The minimum atomic E-state index is -4.60. The Kier molecular flexibility index (Phi) is 5.83. The number of aliphatic carboxylic acids is 1. The third-order valence-electron chi connectivity index (χ3n) is 3.11. The molecule has 0 aliphatic carbocycles. The Morgan fingerprint density at radius 2 is 1.74 bits per heavy atom. The molecule has 3 nitrogen and oxygen atoms in total. The van der Waals surface area contributed by atoms with Gasteiger partial charge in [-0.2, -0.15) is 13.2 Å². The van der Waals surface area contributed by atoms with Crippen LogP contribution in [-0.2, 0) is 16.4 Å². The molecule has 0 aliphatic heterocycles. The van der Waals surface area contributed by atoms with E-state index in [1.165, 1.54) is 25.1 Å². The lowest BCUT2D eigenvalue weighted by molar-refractivity contribution is -0.146. The van der Waals surface area contributed by atoms with Crippen molar-refractivity contribution in [3.63, 3.8) is 0 Å². The van der Waals surface area contributed by atoms with E-state index in [4.69, 9.17) is 5.73 Å². The summed E-state index contributed by atoms with van der Waals surface area (Å²) in [5, 5.41) is 9.22. The van der Waals surface area contributed by atoms with Crippen molar-refractivity contribution in [2.24, 2.45) is 5.73 Å². The van der Waals surface area contributed by atoms with Gasteiger partial charge in [-0.1, -0.05) is 25.1 Å². The number of carboxylic acid groups (broad SMARTS) is 1. The van der Waals surface area contributed by atoms with Crippen molar-refractivity contribution in [1.29, 1.82) is 0 Å². The predicted octanol–water partition coefficient (Wildman–Crippen LogP) is 2.82. The Balaban J connectivity index is 0.00000324. The second kappa shape index (κ2) is 6.25. The summed E-state index contributed by atoms with van der Waals surface area (Å²) >= 11 is 0. The topological polar surface area (TPSA) is 63.3 Å². The normalized spacial score (nSPS) is 14.4. The van der Waals surface area contributed by atoms with E-state index in [0.717, 1.165) is 6.07 Å². The SMILES string of the molecule is CCC(CN)(C(=O)O)c1ccccc1C(F)(F)F.Cl. The molecular formula is C12H15ClF3NO2. The second-order valence-electron chi connectivity index (χ2n) is 3.99. The molecule has 0 radical (unpaired) electrons. The van der Waals surface area contributed by atoms with E-state index in [2.05, 4.69) is 0 Å². The van der Waals surface area contributed by atoms with Gasteiger partial charge in [0.25, 0.3) is 0 Å². The van der Waals surface area contributed by atoms with Crippen LogP contribution in [0.5, 0.6) is 0 Å². The van der Waals surface area contributed by atoms with Crippen LogP contribution in [0.3, 0.4) is 0 Å². The first-order chi connectivity index (χ1) is 8.29. The van der Waals surface area contributed by atoms with Gasteiger partial charge in [-0.15, -0.1) is 12.4 Å². The monoisotopic (exact) mass is 297 g/mol. The van der Waals surface area contributed by atoms with Crippen molar-refractivity contribution in [3.8, 4) is 0 Å². The van der Waals surface area contributed by atoms with Gasteiger partial charge in [0.15, 0.2) is 0 Å². The highest BCUT2D eigenvalue weighted by Gasteiger charge is 2.44. The number of hydrogen-bond acceptors (Lipinski definition) is 2. The molecule has 0 aliphatic rings. The maximum Gasteiger partial charge on any atom is 0.416 e. The molecule has 0 spiro atoms. The Morgan fingerprint density at radius 3 is 2.05 bits per heavy atom. The van der Waals surface area contributed by atoms with Gasteiger partial charge in [0.1, 0.15) is 5.41 Å². The molecule has 1 atom stereocenters. The quantitative estimate of drug-likeness (QED) is 0.898. The van der Waals surface area contributed by atoms with E-state index >= 15 is 0 Å². The third-order valence-corrected chi connectivity index (χ3v) is 3.11. The van der Waals surface area contributed by atoms with Gasteiger partial charge in [-0.3, -0.25) is 4.79 Å². The van der Waals surface area contributed by atoms with Crippen LogP contribution in [0.4, 0.5) is 13.2 Å². The van der Waals surface area contributed by atoms with E-state index in [-0.39, 0.29) is 30.9 Å². The fourth-order valence-electron chi connectivity index (χ4n) is 1.95. The van der Waals surface area contributed by atoms with Crippen LogP contribution in [0.25, 0.3) is 0 Å². The molecule has 0 aromatic heterocycles. The number of carbonyl (C=O) groups is 1. The van der Waals surface area contributed by atoms with Crippen molar-refractivity contribution in [2.45, 2.75) is 24.9 Å². The minimum Gasteiger partial charge on any atom is -0.481 e. The zero-order valence-corrected chi connectivity index (χ0v) is 11.0. The maximum absolute atomic E-state index is 12.9. The summed E-state index contributed by atoms with van der Waals surface area (Å²) in [5.41, 5.74) is 2.49.